The summed E-state index contributed by atoms with van der Waals surface area (Å²) in [4.78, 5) is 1.31. The highest BCUT2D eigenvalue weighted by molar-refractivity contribution is 7.09. The van der Waals surface area contributed by atoms with Gasteiger partial charge in [0.15, 0.2) is 11.5 Å². The van der Waals surface area contributed by atoms with Crippen molar-refractivity contribution in [2.24, 2.45) is 0 Å². The van der Waals surface area contributed by atoms with Gasteiger partial charge >= 0.3 is 0 Å². The molecule has 0 amide bonds. The number of nitrogens with one attached hydrogen (secondary N) is 1. The fraction of sp³-hybridized carbons (Fsp3) is 0.200. The molecule has 0 fully saturated rings. The predicted octanol–water partition coefficient (Wildman–Crippen LogP) is 5.28. The quantitative estimate of drug-likeness (QED) is 0.582. The maximum absolute atomic E-state index is 6.07. The van der Waals surface area contributed by atoms with Crippen molar-refractivity contribution in [2.45, 2.75) is 19.7 Å². The lowest BCUT2D eigenvalue weighted by Gasteiger charge is -2.15. The van der Waals surface area contributed by atoms with Crippen molar-refractivity contribution < 1.29 is 9.47 Å². The van der Waals surface area contributed by atoms with E-state index in [1.54, 1.807) is 18.4 Å². The van der Waals surface area contributed by atoms with Gasteiger partial charge in [-0.25, -0.2) is 0 Å². The van der Waals surface area contributed by atoms with Gasteiger partial charge in [-0.1, -0.05) is 41.9 Å². The van der Waals surface area contributed by atoms with Gasteiger partial charge in [0.2, 0.25) is 0 Å². The number of hydrogen-bond acceptors (Lipinski definition) is 4. The van der Waals surface area contributed by atoms with Crippen molar-refractivity contribution in [3.63, 3.8) is 0 Å². The van der Waals surface area contributed by atoms with Crippen LogP contribution in [0.15, 0.2) is 60.0 Å². The molecule has 25 heavy (non-hydrogen) atoms. The Hall–Kier alpha value is -2.01. The Balaban J connectivity index is 1.69. The maximum atomic E-state index is 6.07. The van der Waals surface area contributed by atoms with Crippen molar-refractivity contribution >= 4 is 22.9 Å². The third-order valence-corrected chi connectivity index (χ3v) is 4.86. The first-order chi connectivity index (χ1) is 12.3. The zero-order chi connectivity index (χ0) is 17.5. The Kier molecular flexibility index (Phi) is 6.34. The van der Waals surface area contributed by atoms with E-state index in [2.05, 4.69) is 28.9 Å². The van der Waals surface area contributed by atoms with E-state index in [1.165, 1.54) is 4.88 Å². The molecule has 0 atom stereocenters. The summed E-state index contributed by atoms with van der Waals surface area (Å²) in [6.45, 7) is 1.99. The van der Waals surface area contributed by atoms with Crippen molar-refractivity contribution in [3.8, 4) is 11.5 Å². The first-order valence-electron chi connectivity index (χ1n) is 8.02. The molecule has 1 aromatic heterocycles. The van der Waals surface area contributed by atoms with Crippen LogP contribution in [0.1, 0.15) is 16.0 Å². The molecule has 3 aromatic rings. The van der Waals surface area contributed by atoms with Gasteiger partial charge in [-0.3, -0.25) is 0 Å². The molecular formula is C20H20ClNO2S. The first kappa shape index (κ1) is 17.8. The number of rotatable bonds is 8. The number of halogens is 1. The SMILES string of the molecule is COc1cccc(CNCc2cccs2)c1OCc1cccc(Cl)c1. The van der Waals surface area contributed by atoms with Gasteiger partial charge in [0.05, 0.1) is 7.11 Å². The summed E-state index contributed by atoms with van der Waals surface area (Å²) in [6, 6.07) is 17.8. The van der Waals surface area contributed by atoms with Crippen LogP contribution in [0.5, 0.6) is 11.5 Å². The van der Waals surface area contributed by atoms with Gasteiger partial charge in [-0.15, -0.1) is 11.3 Å². The summed E-state index contributed by atoms with van der Waals surface area (Å²) in [7, 11) is 1.66. The van der Waals surface area contributed by atoms with E-state index in [0.29, 0.717) is 18.2 Å². The number of thiophene rings is 1. The number of para-hydroxylation sites is 1. The van der Waals surface area contributed by atoms with Crippen molar-refractivity contribution in [1.29, 1.82) is 0 Å². The highest BCUT2D eigenvalue weighted by Gasteiger charge is 2.11. The van der Waals surface area contributed by atoms with E-state index in [4.69, 9.17) is 21.1 Å². The summed E-state index contributed by atoms with van der Waals surface area (Å²) in [5.74, 6) is 1.50. The Morgan fingerprint density at radius 3 is 2.68 bits per heavy atom. The average molecular weight is 374 g/mol. The molecule has 0 aliphatic heterocycles. The molecule has 0 radical (unpaired) electrons. The molecule has 0 bridgehead atoms. The largest absolute Gasteiger partial charge is 0.493 e. The van der Waals surface area contributed by atoms with Crippen LogP contribution in [0.3, 0.4) is 0 Å². The minimum Gasteiger partial charge on any atom is -0.493 e. The Morgan fingerprint density at radius 2 is 1.92 bits per heavy atom. The van der Waals surface area contributed by atoms with E-state index < -0.39 is 0 Å². The van der Waals surface area contributed by atoms with Crippen LogP contribution in [0.2, 0.25) is 5.02 Å². The molecule has 3 rings (SSSR count). The van der Waals surface area contributed by atoms with Crippen LogP contribution >= 0.6 is 22.9 Å². The number of methoxy groups -OCH3 is 1. The summed E-state index contributed by atoms with van der Waals surface area (Å²) in [6.07, 6.45) is 0. The van der Waals surface area contributed by atoms with Crippen LogP contribution in [0.25, 0.3) is 0 Å². The van der Waals surface area contributed by atoms with Crippen LogP contribution in [-0.2, 0) is 19.7 Å². The Morgan fingerprint density at radius 1 is 1.04 bits per heavy atom. The van der Waals surface area contributed by atoms with Crippen LogP contribution in [0.4, 0.5) is 0 Å². The van der Waals surface area contributed by atoms with Gasteiger partial charge in [-0.05, 0) is 35.2 Å². The van der Waals surface area contributed by atoms with Gasteiger partial charge in [-0.2, -0.15) is 0 Å². The number of ether oxygens (including phenoxy) is 2. The predicted molar refractivity (Wildman–Crippen MR) is 104 cm³/mol. The van der Waals surface area contributed by atoms with Gasteiger partial charge in [0.1, 0.15) is 6.61 Å². The molecule has 3 nitrogen and oxygen atoms in total. The zero-order valence-corrected chi connectivity index (χ0v) is 15.6. The lowest BCUT2D eigenvalue weighted by Crippen LogP contribution is -2.13. The minimum atomic E-state index is 0.443. The maximum Gasteiger partial charge on any atom is 0.166 e. The summed E-state index contributed by atoms with van der Waals surface area (Å²) < 4.78 is 11.5. The van der Waals surface area contributed by atoms with Crippen LogP contribution in [0, 0.1) is 0 Å². The second-order valence-electron chi connectivity index (χ2n) is 5.55. The smallest absolute Gasteiger partial charge is 0.166 e. The van der Waals surface area contributed by atoms with E-state index in [9.17, 15) is 0 Å². The number of hydrogen-bond donors (Lipinski definition) is 1. The van der Waals surface area contributed by atoms with E-state index in [-0.39, 0.29) is 0 Å². The zero-order valence-electron chi connectivity index (χ0n) is 14.0. The van der Waals surface area contributed by atoms with Gasteiger partial charge < -0.3 is 14.8 Å². The van der Waals surface area contributed by atoms with E-state index in [0.717, 1.165) is 29.2 Å². The summed E-state index contributed by atoms with van der Waals surface area (Å²) >= 11 is 7.79. The van der Waals surface area contributed by atoms with Crippen LogP contribution < -0.4 is 14.8 Å². The van der Waals surface area contributed by atoms with Crippen molar-refractivity contribution in [1.82, 2.24) is 5.32 Å². The van der Waals surface area contributed by atoms with Gasteiger partial charge in [0.25, 0.3) is 0 Å². The van der Waals surface area contributed by atoms with Crippen LogP contribution in [-0.4, -0.2) is 7.11 Å². The van der Waals surface area contributed by atoms with Crippen molar-refractivity contribution in [3.05, 3.63) is 81.0 Å². The number of benzene rings is 2. The lowest BCUT2D eigenvalue weighted by atomic mass is 10.1. The molecule has 0 spiro atoms. The molecule has 2 aromatic carbocycles. The third-order valence-electron chi connectivity index (χ3n) is 3.75. The lowest BCUT2D eigenvalue weighted by molar-refractivity contribution is 0.280. The second kappa shape index (κ2) is 8.90. The average Bonchev–Trinajstić information content (AvgIpc) is 3.14. The molecule has 1 heterocycles. The second-order valence-corrected chi connectivity index (χ2v) is 7.02. The molecule has 0 aliphatic rings. The summed E-state index contributed by atoms with van der Waals surface area (Å²) in [5, 5.41) is 6.25. The fourth-order valence-corrected chi connectivity index (χ4v) is 3.43. The highest BCUT2D eigenvalue weighted by Crippen LogP contribution is 2.32. The Labute approximate surface area is 157 Å². The highest BCUT2D eigenvalue weighted by atomic mass is 35.5. The molecule has 130 valence electrons. The van der Waals surface area contributed by atoms with Gasteiger partial charge in [0, 0.05) is 28.6 Å². The molecule has 0 saturated heterocycles. The molecule has 0 aliphatic carbocycles. The summed E-state index contributed by atoms with van der Waals surface area (Å²) in [5.41, 5.74) is 2.09. The monoisotopic (exact) mass is 373 g/mol. The third kappa shape index (κ3) is 4.98. The standard InChI is InChI=1S/C20H20ClNO2S/c1-23-19-9-3-6-16(12-22-13-18-8-4-10-25-18)20(19)24-14-15-5-2-7-17(21)11-15/h2-11,22H,12-14H2,1H3. The molecule has 5 heteroatoms. The normalized spacial score (nSPS) is 10.6. The van der Waals surface area contributed by atoms with E-state index >= 15 is 0 Å². The molecule has 1 N–H and O–H groups in total. The molecule has 0 saturated carbocycles. The van der Waals surface area contributed by atoms with E-state index in [1.807, 2.05) is 36.4 Å². The fourth-order valence-electron chi connectivity index (χ4n) is 2.54. The minimum absolute atomic E-state index is 0.443. The molecule has 0 unspecified atom stereocenters. The van der Waals surface area contributed by atoms with Crippen molar-refractivity contribution in [2.75, 3.05) is 7.11 Å². The first-order valence-corrected chi connectivity index (χ1v) is 9.28. The topological polar surface area (TPSA) is 30.5 Å². The Bertz CT molecular complexity index is 805. The molecular weight excluding hydrogens is 354 g/mol.